The molecule has 199 valence electrons. The molecular formula is C28H27AsBrF2N2O4. The smallest absolute Gasteiger partial charge is 0.207 e. The topological polar surface area (TPSA) is 75.7 Å². The Kier molecular flexibility index (Phi) is 10.2. The quantitative estimate of drug-likeness (QED) is 0.337. The number of carbonyl (C=O) groups excluding carboxylic acids is 3. The van der Waals surface area contributed by atoms with Gasteiger partial charge in [-0.25, -0.2) is 4.39 Å². The van der Waals surface area contributed by atoms with Gasteiger partial charge in [0.2, 0.25) is 0 Å². The van der Waals surface area contributed by atoms with Crippen molar-refractivity contribution < 1.29 is 27.9 Å². The second kappa shape index (κ2) is 13.2. The molecule has 1 radical (unpaired) electrons. The van der Waals surface area contributed by atoms with Gasteiger partial charge in [-0.1, -0.05) is 12.1 Å². The molecule has 0 aromatic heterocycles. The Morgan fingerprint density at radius 1 is 1.00 bits per heavy atom. The van der Waals surface area contributed by atoms with E-state index < -0.39 is 39.5 Å². The SMILES string of the molecule is Cc1cc(Br)cc(C)c1[As]C(=O)C(C)Oc1ccc(F)cc1C(=O)NCC(=O)N(C)Cc1ccc(F)cc1. The van der Waals surface area contributed by atoms with E-state index in [1.54, 1.807) is 26.1 Å². The fraction of sp³-hybridized carbons (Fsp3) is 0.250. The summed E-state index contributed by atoms with van der Waals surface area (Å²) in [5.41, 5.74) is 2.62. The third-order valence-electron chi connectivity index (χ3n) is 5.67. The Labute approximate surface area is 235 Å². The molecule has 3 rings (SSSR count). The minimum Gasteiger partial charge on any atom is -0.207 e. The molecule has 0 aliphatic carbocycles. The molecule has 0 fully saturated rings. The third kappa shape index (κ3) is 7.98. The predicted octanol–water partition coefficient (Wildman–Crippen LogP) is 4.06. The number of hydrogen-bond acceptors (Lipinski definition) is 4. The van der Waals surface area contributed by atoms with Crippen molar-refractivity contribution in [2.45, 2.75) is 33.4 Å². The van der Waals surface area contributed by atoms with E-state index in [9.17, 15) is 23.2 Å². The van der Waals surface area contributed by atoms with Crippen LogP contribution in [-0.4, -0.2) is 56.7 Å². The van der Waals surface area contributed by atoms with Gasteiger partial charge in [-0.15, -0.1) is 0 Å². The minimum absolute atomic E-state index is 0.0438. The summed E-state index contributed by atoms with van der Waals surface area (Å²) in [5, 5.41) is 2.48. The third-order valence-corrected chi connectivity index (χ3v) is 9.31. The Morgan fingerprint density at radius 3 is 2.24 bits per heavy atom. The Bertz CT molecular complexity index is 1330. The molecule has 0 bridgehead atoms. The number of halogens is 3. The average molecular weight is 648 g/mol. The van der Waals surface area contributed by atoms with Gasteiger partial charge < -0.3 is 0 Å². The first-order valence-corrected chi connectivity index (χ1v) is 14.4. The van der Waals surface area contributed by atoms with Crippen LogP contribution in [0, 0.1) is 25.5 Å². The maximum absolute atomic E-state index is 14.0. The van der Waals surface area contributed by atoms with E-state index in [-0.39, 0.29) is 34.8 Å². The second-order valence-electron chi connectivity index (χ2n) is 8.80. The number of aryl methyl sites for hydroxylation is 2. The zero-order valence-corrected chi connectivity index (χ0v) is 24.8. The van der Waals surface area contributed by atoms with Crippen molar-refractivity contribution in [1.29, 1.82) is 0 Å². The van der Waals surface area contributed by atoms with Crippen molar-refractivity contribution in [3.63, 3.8) is 0 Å². The molecular weight excluding hydrogens is 621 g/mol. The fourth-order valence-electron chi connectivity index (χ4n) is 3.64. The van der Waals surface area contributed by atoms with Crippen molar-refractivity contribution in [1.82, 2.24) is 10.2 Å². The van der Waals surface area contributed by atoms with Crippen LogP contribution in [0.1, 0.15) is 34.0 Å². The summed E-state index contributed by atoms with van der Waals surface area (Å²) in [6, 6.07) is 13.1. The first-order valence-electron chi connectivity index (χ1n) is 11.7. The zero-order valence-electron chi connectivity index (χ0n) is 21.3. The molecule has 0 saturated heterocycles. The van der Waals surface area contributed by atoms with Crippen LogP contribution < -0.4 is 14.4 Å². The number of nitrogens with one attached hydrogen (secondary N) is 1. The van der Waals surface area contributed by atoms with Crippen molar-refractivity contribution in [2.75, 3.05) is 13.6 Å². The van der Waals surface area contributed by atoms with Gasteiger partial charge in [-0.3, -0.25) is 0 Å². The van der Waals surface area contributed by atoms with Crippen LogP contribution >= 0.6 is 15.9 Å². The van der Waals surface area contributed by atoms with Gasteiger partial charge in [0.25, 0.3) is 0 Å². The van der Waals surface area contributed by atoms with Crippen LogP contribution in [0.25, 0.3) is 0 Å². The summed E-state index contributed by atoms with van der Waals surface area (Å²) >= 11 is 2.59. The Hall–Kier alpha value is -3.03. The van der Waals surface area contributed by atoms with Gasteiger partial charge in [0.1, 0.15) is 5.82 Å². The van der Waals surface area contributed by atoms with E-state index in [2.05, 4.69) is 21.2 Å². The molecule has 0 spiro atoms. The molecule has 0 saturated carbocycles. The first kappa shape index (κ1) is 29.5. The standard InChI is InChI=1S/C28H27AsBrF2N2O4/c1-16-11-20(30)12-17(2)26(16)29-27(36)18(3)38-24-10-9-22(32)13-23(24)28(37)33-14-25(35)34(4)15-19-5-7-21(31)8-6-19/h5-13,18H,14-15H2,1-4H3,(H,33,37). The van der Waals surface area contributed by atoms with E-state index in [0.29, 0.717) is 0 Å². The van der Waals surface area contributed by atoms with Crippen LogP contribution in [0.4, 0.5) is 8.78 Å². The molecule has 3 aromatic carbocycles. The fourth-order valence-corrected chi connectivity index (χ4v) is 6.29. The van der Waals surface area contributed by atoms with Crippen molar-refractivity contribution >= 4 is 52.4 Å². The zero-order chi connectivity index (χ0) is 28.0. The average Bonchev–Trinajstić information content (AvgIpc) is 2.86. The van der Waals surface area contributed by atoms with Gasteiger partial charge >= 0.3 is 202 Å². The molecule has 1 N–H and O–H groups in total. The Balaban J connectivity index is 1.64. The molecule has 2 amide bonds. The number of benzene rings is 3. The molecule has 10 heteroatoms. The van der Waals surface area contributed by atoms with Crippen molar-refractivity contribution in [2.24, 2.45) is 0 Å². The maximum atomic E-state index is 14.0. The van der Waals surface area contributed by atoms with Crippen molar-refractivity contribution in [3.8, 4) is 5.75 Å². The van der Waals surface area contributed by atoms with Crippen LogP contribution in [0.15, 0.2) is 59.1 Å². The molecule has 1 unspecified atom stereocenters. The summed E-state index contributed by atoms with van der Waals surface area (Å²) in [7, 11) is 1.55. The summed E-state index contributed by atoms with van der Waals surface area (Å²) < 4.78 is 34.7. The second-order valence-corrected chi connectivity index (χ2v) is 12.0. The number of rotatable bonds is 10. The molecule has 0 aliphatic rings. The molecule has 3 aromatic rings. The van der Waals surface area contributed by atoms with Crippen LogP contribution in [0.3, 0.4) is 0 Å². The molecule has 0 heterocycles. The van der Waals surface area contributed by atoms with E-state index in [4.69, 9.17) is 4.74 Å². The number of hydrogen-bond donors (Lipinski definition) is 1. The van der Waals surface area contributed by atoms with E-state index >= 15 is 0 Å². The van der Waals surface area contributed by atoms with Gasteiger partial charge in [0.05, 0.1) is 0 Å². The van der Waals surface area contributed by atoms with Gasteiger partial charge in [-0.05, 0) is 12.1 Å². The van der Waals surface area contributed by atoms with Crippen LogP contribution in [0.2, 0.25) is 0 Å². The summed E-state index contributed by atoms with van der Waals surface area (Å²) in [5.74, 6) is -2.10. The van der Waals surface area contributed by atoms with Crippen molar-refractivity contribution in [3.05, 3.63) is 93.0 Å². The molecule has 0 aliphatic heterocycles. The number of nitrogens with zero attached hydrogens (tertiary/aromatic N) is 1. The predicted molar refractivity (Wildman–Crippen MR) is 146 cm³/mol. The van der Waals surface area contributed by atoms with E-state index in [1.807, 2.05) is 26.0 Å². The monoisotopic (exact) mass is 647 g/mol. The van der Waals surface area contributed by atoms with Gasteiger partial charge in [0, 0.05) is 0 Å². The normalized spacial score (nSPS) is 11.9. The Morgan fingerprint density at radius 2 is 1.61 bits per heavy atom. The number of amides is 2. The van der Waals surface area contributed by atoms with E-state index in [0.717, 1.165) is 37.6 Å². The summed E-state index contributed by atoms with van der Waals surface area (Å²) in [6.07, 6.45) is -0.863. The number of carbonyl (C=O) groups is 3. The number of likely N-dealkylation sites (N-methyl/N-ethyl adjacent to an activating group) is 1. The van der Waals surface area contributed by atoms with Crippen LogP contribution in [-0.2, 0) is 16.1 Å². The number of ether oxygens (including phenoxy) is 1. The van der Waals surface area contributed by atoms with E-state index in [1.165, 1.54) is 23.1 Å². The molecule has 1 atom stereocenters. The first-order chi connectivity index (χ1) is 17.9. The molecule has 38 heavy (non-hydrogen) atoms. The van der Waals surface area contributed by atoms with Crippen LogP contribution in [0.5, 0.6) is 5.75 Å². The molecule has 6 nitrogen and oxygen atoms in total. The summed E-state index contributed by atoms with van der Waals surface area (Å²) in [4.78, 5) is 39.7. The summed E-state index contributed by atoms with van der Waals surface area (Å²) in [6.45, 7) is 5.38. The van der Waals surface area contributed by atoms with Gasteiger partial charge in [-0.2, -0.15) is 0 Å². The minimum atomic E-state index is -0.866. The van der Waals surface area contributed by atoms with Gasteiger partial charge in [0.15, 0.2) is 0 Å².